The Hall–Kier alpha value is -0.970. The van der Waals surface area contributed by atoms with Crippen LogP contribution in [0.2, 0.25) is 5.02 Å². The number of terminal acetylenes is 1. The van der Waals surface area contributed by atoms with Crippen LogP contribution in [0.15, 0.2) is 24.3 Å². The molecule has 0 atom stereocenters. The molecule has 0 radical (unpaired) electrons. The van der Waals surface area contributed by atoms with Gasteiger partial charge in [-0.2, -0.15) is 0 Å². The summed E-state index contributed by atoms with van der Waals surface area (Å²) in [7, 11) is 0. The molecule has 0 heterocycles. The van der Waals surface area contributed by atoms with Gasteiger partial charge < -0.3 is 0 Å². The fourth-order valence-electron chi connectivity index (χ4n) is 2.35. The second kappa shape index (κ2) is 4.72. The van der Waals surface area contributed by atoms with E-state index in [1.807, 2.05) is 32.0 Å². The van der Waals surface area contributed by atoms with E-state index in [9.17, 15) is 0 Å². The van der Waals surface area contributed by atoms with Gasteiger partial charge in [-0.15, -0.1) is 6.42 Å². The van der Waals surface area contributed by atoms with Gasteiger partial charge in [0.2, 0.25) is 0 Å². The van der Waals surface area contributed by atoms with Crippen LogP contribution < -0.4 is 5.32 Å². The number of hydrogen-bond donors (Lipinski definition) is 1. The van der Waals surface area contributed by atoms with Crippen molar-refractivity contribution in [2.24, 2.45) is 0 Å². The molecule has 17 heavy (non-hydrogen) atoms. The third-order valence-electron chi connectivity index (χ3n) is 3.41. The number of rotatable bonds is 3. The Morgan fingerprint density at radius 3 is 2.59 bits per heavy atom. The van der Waals surface area contributed by atoms with Gasteiger partial charge in [0.25, 0.3) is 0 Å². The summed E-state index contributed by atoms with van der Waals surface area (Å²) in [6.07, 6.45) is 7.71. The maximum atomic E-state index is 6.19. The van der Waals surface area contributed by atoms with Gasteiger partial charge in [-0.25, -0.2) is 0 Å². The van der Waals surface area contributed by atoms with Crippen molar-refractivity contribution in [1.29, 1.82) is 0 Å². The first-order valence-corrected chi connectivity index (χ1v) is 6.39. The summed E-state index contributed by atoms with van der Waals surface area (Å²) in [6, 6.07) is 8.62. The molecule has 90 valence electrons. The molecule has 0 aliphatic heterocycles. The minimum absolute atomic E-state index is 0.212. The lowest BCUT2D eigenvalue weighted by Crippen LogP contribution is -2.50. The van der Waals surface area contributed by atoms with E-state index >= 15 is 0 Å². The molecule has 2 rings (SSSR count). The van der Waals surface area contributed by atoms with E-state index in [1.165, 1.54) is 5.56 Å². The van der Waals surface area contributed by atoms with Crippen molar-refractivity contribution in [3.63, 3.8) is 0 Å². The standard InChI is InChI=1S/C15H18ClN/c1-4-15(2,3)17-12-9-11(10-12)13-7-5-6-8-14(13)16/h1,5-8,11-12,17H,9-10H2,2-3H3. The van der Waals surface area contributed by atoms with Crippen molar-refractivity contribution in [3.8, 4) is 12.3 Å². The lowest BCUT2D eigenvalue weighted by atomic mass is 9.75. The van der Waals surface area contributed by atoms with Crippen molar-refractivity contribution >= 4 is 11.6 Å². The Bertz CT molecular complexity index is 438. The van der Waals surface area contributed by atoms with Gasteiger partial charge in [0.05, 0.1) is 5.54 Å². The summed E-state index contributed by atoms with van der Waals surface area (Å²) in [5, 5.41) is 4.36. The second-order valence-electron chi connectivity index (χ2n) is 5.30. The number of hydrogen-bond acceptors (Lipinski definition) is 1. The number of nitrogens with one attached hydrogen (secondary N) is 1. The van der Waals surface area contributed by atoms with Gasteiger partial charge in [0.15, 0.2) is 0 Å². The summed E-state index contributed by atoms with van der Waals surface area (Å²) in [6.45, 7) is 4.08. The molecule has 1 nitrogen and oxygen atoms in total. The van der Waals surface area contributed by atoms with E-state index < -0.39 is 0 Å². The molecule has 0 saturated heterocycles. The Kier molecular flexibility index (Phi) is 3.47. The van der Waals surface area contributed by atoms with E-state index in [2.05, 4.69) is 17.3 Å². The van der Waals surface area contributed by atoms with Crippen LogP contribution in [0.1, 0.15) is 38.2 Å². The molecule has 0 amide bonds. The first-order valence-electron chi connectivity index (χ1n) is 6.02. The smallest absolute Gasteiger partial charge is 0.0743 e. The van der Waals surface area contributed by atoms with Crippen LogP contribution in [0.3, 0.4) is 0 Å². The zero-order valence-electron chi connectivity index (χ0n) is 10.3. The fraction of sp³-hybridized carbons (Fsp3) is 0.467. The minimum atomic E-state index is -0.212. The van der Waals surface area contributed by atoms with Crippen molar-refractivity contribution in [2.75, 3.05) is 0 Å². The first-order chi connectivity index (χ1) is 8.02. The third-order valence-corrected chi connectivity index (χ3v) is 3.75. The van der Waals surface area contributed by atoms with E-state index in [0.717, 1.165) is 17.9 Å². The van der Waals surface area contributed by atoms with E-state index in [0.29, 0.717) is 12.0 Å². The van der Waals surface area contributed by atoms with Gasteiger partial charge in [0, 0.05) is 11.1 Å². The van der Waals surface area contributed by atoms with E-state index in [1.54, 1.807) is 0 Å². The van der Waals surface area contributed by atoms with Crippen LogP contribution >= 0.6 is 11.6 Å². The summed E-state index contributed by atoms with van der Waals surface area (Å²) < 4.78 is 0. The zero-order chi connectivity index (χ0) is 12.5. The molecule has 0 spiro atoms. The highest BCUT2D eigenvalue weighted by molar-refractivity contribution is 6.31. The lowest BCUT2D eigenvalue weighted by Gasteiger charge is -2.40. The molecular weight excluding hydrogens is 230 g/mol. The quantitative estimate of drug-likeness (QED) is 0.805. The average Bonchev–Trinajstić information content (AvgIpc) is 2.24. The molecule has 0 unspecified atom stereocenters. The summed E-state index contributed by atoms with van der Waals surface area (Å²) in [5.41, 5.74) is 1.06. The van der Waals surface area contributed by atoms with Gasteiger partial charge in [-0.05, 0) is 44.2 Å². The SMILES string of the molecule is C#CC(C)(C)NC1CC(c2ccccc2Cl)C1. The van der Waals surface area contributed by atoms with Crippen molar-refractivity contribution in [3.05, 3.63) is 34.9 Å². The van der Waals surface area contributed by atoms with Crippen LogP contribution in [0.4, 0.5) is 0 Å². The van der Waals surface area contributed by atoms with Crippen molar-refractivity contribution in [1.82, 2.24) is 5.32 Å². The van der Waals surface area contributed by atoms with Crippen LogP contribution in [-0.4, -0.2) is 11.6 Å². The predicted molar refractivity (Wildman–Crippen MR) is 73.3 cm³/mol. The Balaban J connectivity index is 1.92. The first kappa shape index (κ1) is 12.5. The highest BCUT2D eigenvalue weighted by atomic mass is 35.5. The molecule has 1 aliphatic rings. The maximum absolute atomic E-state index is 6.19. The van der Waals surface area contributed by atoms with Crippen LogP contribution in [0.25, 0.3) is 0 Å². The molecule has 2 heteroatoms. The molecular formula is C15H18ClN. The number of halogens is 1. The van der Waals surface area contributed by atoms with Crippen molar-refractivity contribution in [2.45, 2.75) is 44.2 Å². The molecule has 1 aromatic carbocycles. The number of benzene rings is 1. The molecule has 0 bridgehead atoms. The fourth-order valence-corrected chi connectivity index (χ4v) is 2.64. The van der Waals surface area contributed by atoms with Gasteiger partial charge >= 0.3 is 0 Å². The molecule has 1 aliphatic carbocycles. The van der Waals surface area contributed by atoms with Crippen LogP contribution in [0, 0.1) is 12.3 Å². The maximum Gasteiger partial charge on any atom is 0.0743 e. The Morgan fingerprint density at radius 2 is 2.00 bits per heavy atom. The van der Waals surface area contributed by atoms with Gasteiger partial charge in [-0.1, -0.05) is 35.7 Å². The van der Waals surface area contributed by atoms with E-state index in [-0.39, 0.29) is 5.54 Å². The topological polar surface area (TPSA) is 12.0 Å². The van der Waals surface area contributed by atoms with Crippen LogP contribution in [0.5, 0.6) is 0 Å². The minimum Gasteiger partial charge on any atom is -0.299 e. The molecule has 1 saturated carbocycles. The highest BCUT2D eigenvalue weighted by Gasteiger charge is 2.33. The van der Waals surface area contributed by atoms with Gasteiger partial charge in [0.1, 0.15) is 0 Å². The Morgan fingerprint density at radius 1 is 1.35 bits per heavy atom. The van der Waals surface area contributed by atoms with E-state index in [4.69, 9.17) is 18.0 Å². The third kappa shape index (κ3) is 2.83. The lowest BCUT2D eigenvalue weighted by molar-refractivity contribution is 0.253. The normalized spacial score (nSPS) is 23.9. The summed E-state index contributed by atoms with van der Waals surface area (Å²) >= 11 is 6.19. The second-order valence-corrected chi connectivity index (χ2v) is 5.71. The molecule has 0 aromatic heterocycles. The Labute approximate surface area is 109 Å². The summed E-state index contributed by atoms with van der Waals surface area (Å²) in [5.74, 6) is 3.35. The summed E-state index contributed by atoms with van der Waals surface area (Å²) in [4.78, 5) is 0. The van der Waals surface area contributed by atoms with Gasteiger partial charge in [-0.3, -0.25) is 5.32 Å². The highest BCUT2D eigenvalue weighted by Crippen LogP contribution is 2.40. The van der Waals surface area contributed by atoms with Crippen LogP contribution in [-0.2, 0) is 0 Å². The molecule has 1 N–H and O–H groups in total. The predicted octanol–water partition coefficient (Wildman–Crippen LogP) is 3.59. The zero-order valence-corrected chi connectivity index (χ0v) is 11.1. The average molecular weight is 248 g/mol. The monoisotopic (exact) mass is 247 g/mol. The molecule has 1 fully saturated rings. The van der Waals surface area contributed by atoms with Crippen molar-refractivity contribution < 1.29 is 0 Å². The molecule has 1 aromatic rings. The largest absolute Gasteiger partial charge is 0.299 e.